The van der Waals surface area contributed by atoms with E-state index in [1.165, 1.54) is 6.08 Å². The minimum absolute atomic E-state index is 0.137. The monoisotopic (exact) mass is 381 g/mol. The van der Waals surface area contributed by atoms with E-state index in [0.29, 0.717) is 26.3 Å². The number of amides is 1. The Morgan fingerprint density at radius 2 is 1.82 bits per heavy atom. The van der Waals surface area contributed by atoms with Crippen molar-refractivity contribution >= 4 is 18.0 Å². The zero-order chi connectivity index (χ0) is 20.2. The summed E-state index contributed by atoms with van der Waals surface area (Å²) in [6, 6.07) is 17.5. The van der Waals surface area contributed by atoms with Crippen LogP contribution < -0.4 is 4.74 Å². The third kappa shape index (κ3) is 7.27. The van der Waals surface area contributed by atoms with Gasteiger partial charge in [-0.15, -0.1) is 0 Å². The fraction of sp³-hybridized carbons (Fsp3) is 0.304. The summed E-state index contributed by atoms with van der Waals surface area (Å²) in [6.45, 7) is 5.36. The maximum Gasteiger partial charge on any atom is 0.307 e. The van der Waals surface area contributed by atoms with E-state index < -0.39 is 0 Å². The molecule has 0 spiro atoms. The molecule has 0 heterocycles. The van der Waals surface area contributed by atoms with Crippen LogP contribution in [0.4, 0.5) is 0 Å². The summed E-state index contributed by atoms with van der Waals surface area (Å²) in [7, 11) is 0. The lowest BCUT2D eigenvalue weighted by atomic mass is 10.2. The van der Waals surface area contributed by atoms with Crippen LogP contribution in [0, 0.1) is 0 Å². The zero-order valence-electron chi connectivity index (χ0n) is 16.5. The SMILES string of the molecule is CCOC(=O)CCN(CC)C(=O)/C=C/c1cccc(OCc2ccccc2)c1. The van der Waals surface area contributed by atoms with Crippen molar-refractivity contribution in [1.29, 1.82) is 0 Å². The van der Waals surface area contributed by atoms with E-state index in [1.54, 1.807) is 17.9 Å². The van der Waals surface area contributed by atoms with Crippen LogP contribution >= 0.6 is 0 Å². The van der Waals surface area contributed by atoms with Gasteiger partial charge < -0.3 is 14.4 Å². The molecule has 0 radical (unpaired) electrons. The number of hydrogen-bond donors (Lipinski definition) is 0. The highest BCUT2D eigenvalue weighted by Crippen LogP contribution is 2.16. The Morgan fingerprint density at radius 3 is 2.54 bits per heavy atom. The highest BCUT2D eigenvalue weighted by atomic mass is 16.5. The third-order valence-corrected chi connectivity index (χ3v) is 4.11. The predicted octanol–water partition coefficient (Wildman–Crippen LogP) is 4.08. The maximum absolute atomic E-state index is 12.4. The summed E-state index contributed by atoms with van der Waals surface area (Å²) >= 11 is 0. The normalized spacial score (nSPS) is 10.6. The van der Waals surface area contributed by atoms with E-state index >= 15 is 0 Å². The van der Waals surface area contributed by atoms with Crippen molar-refractivity contribution in [2.24, 2.45) is 0 Å². The number of nitrogens with zero attached hydrogens (tertiary/aromatic N) is 1. The summed E-state index contributed by atoms with van der Waals surface area (Å²) in [4.78, 5) is 25.5. The van der Waals surface area contributed by atoms with E-state index in [-0.39, 0.29) is 18.3 Å². The Kier molecular flexibility index (Phi) is 8.79. The Labute approximate surface area is 166 Å². The van der Waals surface area contributed by atoms with Gasteiger partial charge in [0.05, 0.1) is 13.0 Å². The van der Waals surface area contributed by atoms with Crippen LogP contribution in [0.5, 0.6) is 5.75 Å². The summed E-state index contributed by atoms with van der Waals surface area (Å²) in [5, 5.41) is 0. The second-order valence-electron chi connectivity index (χ2n) is 6.15. The zero-order valence-corrected chi connectivity index (χ0v) is 16.5. The maximum atomic E-state index is 12.4. The first-order valence-electron chi connectivity index (χ1n) is 9.51. The predicted molar refractivity (Wildman–Crippen MR) is 110 cm³/mol. The average molecular weight is 381 g/mol. The molecular formula is C23H27NO4. The molecule has 0 fully saturated rings. The van der Waals surface area contributed by atoms with Gasteiger partial charge in [0.2, 0.25) is 5.91 Å². The van der Waals surface area contributed by atoms with Gasteiger partial charge in [0.15, 0.2) is 0 Å². The molecule has 0 N–H and O–H groups in total. The Hall–Kier alpha value is -3.08. The topological polar surface area (TPSA) is 55.8 Å². The molecule has 0 bridgehead atoms. The quantitative estimate of drug-likeness (QED) is 0.460. The van der Waals surface area contributed by atoms with Crippen molar-refractivity contribution in [3.63, 3.8) is 0 Å². The molecule has 5 nitrogen and oxygen atoms in total. The fourth-order valence-electron chi connectivity index (χ4n) is 2.61. The number of benzene rings is 2. The van der Waals surface area contributed by atoms with Crippen LogP contribution in [0.25, 0.3) is 6.08 Å². The first-order chi connectivity index (χ1) is 13.6. The van der Waals surface area contributed by atoms with Crippen LogP contribution in [0.15, 0.2) is 60.7 Å². The second kappa shape index (κ2) is 11.6. The molecule has 1 amide bonds. The summed E-state index contributed by atoms with van der Waals surface area (Å²) in [5.41, 5.74) is 1.97. The molecule has 28 heavy (non-hydrogen) atoms. The summed E-state index contributed by atoms with van der Waals surface area (Å²) < 4.78 is 10.7. The van der Waals surface area contributed by atoms with E-state index in [2.05, 4.69) is 0 Å². The van der Waals surface area contributed by atoms with Crippen molar-refractivity contribution in [2.45, 2.75) is 26.9 Å². The van der Waals surface area contributed by atoms with Gasteiger partial charge in [0, 0.05) is 19.2 Å². The van der Waals surface area contributed by atoms with E-state index in [1.807, 2.05) is 61.5 Å². The van der Waals surface area contributed by atoms with E-state index in [4.69, 9.17) is 9.47 Å². The first kappa shape index (κ1) is 21.2. The number of carbonyl (C=O) groups excluding carboxylic acids is 2. The fourth-order valence-corrected chi connectivity index (χ4v) is 2.61. The molecule has 0 unspecified atom stereocenters. The van der Waals surface area contributed by atoms with E-state index in [0.717, 1.165) is 16.9 Å². The lowest BCUT2D eigenvalue weighted by Crippen LogP contribution is -2.31. The standard InChI is InChI=1S/C23H27NO4/c1-3-24(16-15-23(26)27-4-2)22(25)14-13-19-11-8-12-21(17-19)28-18-20-9-6-5-7-10-20/h5-14,17H,3-4,15-16,18H2,1-2H3/b14-13+. The molecule has 2 aromatic rings. The largest absolute Gasteiger partial charge is 0.489 e. The molecule has 0 saturated carbocycles. The van der Waals surface area contributed by atoms with Crippen molar-refractivity contribution in [3.05, 3.63) is 71.8 Å². The number of hydrogen-bond acceptors (Lipinski definition) is 4. The number of rotatable bonds is 10. The van der Waals surface area contributed by atoms with Crippen molar-refractivity contribution in [2.75, 3.05) is 19.7 Å². The van der Waals surface area contributed by atoms with Crippen LogP contribution in [0.1, 0.15) is 31.4 Å². The molecule has 0 aliphatic carbocycles. The molecule has 5 heteroatoms. The molecule has 2 rings (SSSR count). The minimum Gasteiger partial charge on any atom is -0.489 e. The van der Waals surface area contributed by atoms with Crippen LogP contribution in [-0.2, 0) is 20.9 Å². The van der Waals surface area contributed by atoms with Gasteiger partial charge in [-0.2, -0.15) is 0 Å². The highest BCUT2D eigenvalue weighted by Gasteiger charge is 2.11. The second-order valence-corrected chi connectivity index (χ2v) is 6.15. The molecule has 0 atom stereocenters. The van der Waals surface area contributed by atoms with E-state index in [9.17, 15) is 9.59 Å². The van der Waals surface area contributed by atoms with Gasteiger partial charge in [-0.1, -0.05) is 42.5 Å². The average Bonchev–Trinajstić information content (AvgIpc) is 2.72. The lowest BCUT2D eigenvalue weighted by Gasteiger charge is -2.18. The number of carbonyl (C=O) groups is 2. The lowest BCUT2D eigenvalue weighted by molar-refractivity contribution is -0.143. The van der Waals surface area contributed by atoms with Gasteiger partial charge in [-0.05, 0) is 43.2 Å². The molecule has 0 aliphatic rings. The Bertz CT molecular complexity index is 786. The third-order valence-electron chi connectivity index (χ3n) is 4.11. The first-order valence-corrected chi connectivity index (χ1v) is 9.51. The van der Waals surface area contributed by atoms with Crippen LogP contribution in [0.3, 0.4) is 0 Å². The summed E-state index contributed by atoms with van der Waals surface area (Å²) in [6.07, 6.45) is 3.47. The Morgan fingerprint density at radius 1 is 1.04 bits per heavy atom. The number of likely N-dealkylation sites (N-methyl/N-ethyl adjacent to an activating group) is 1. The number of esters is 1. The molecule has 0 aliphatic heterocycles. The molecule has 0 saturated heterocycles. The van der Waals surface area contributed by atoms with Gasteiger partial charge in [0.25, 0.3) is 0 Å². The van der Waals surface area contributed by atoms with Gasteiger partial charge >= 0.3 is 5.97 Å². The van der Waals surface area contributed by atoms with Crippen LogP contribution in [-0.4, -0.2) is 36.5 Å². The Balaban J connectivity index is 1.91. The highest BCUT2D eigenvalue weighted by molar-refractivity contribution is 5.92. The number of ether oxygens (including phenoxy) is 2. The van der Waals surface area contributed by atoms with Gasteiger partial charge in [-0.3, -0.25) is 9.59 Å². The molecule has 2 aromatic carbocycles. The summed E-state index contributed by atoms with van der Waals surface area (Å²) in [5.74, 6) is 0.316. The minimum atomic E-state index is -0.291. The van der Waals surface area contributed by atoms with Crippen molar-refractivity contribution in [3.8, 4) is 5.75 Å². The smallest absolute Gasteiger partial charge is 0.307 e. The molecule has 0 aromatic heterocycles. The molecular weight excluding hydrogens is 354 g/mol. The van der Waals surface area contributed by atoms with Gasteiger partial charge in [0.1, 0.15) is 12.4 Å². The van der Waals surface area contributed by atoms with Crippen molar-refractivity contribution in [1.82, 2.24) is 4.90 Å². The van der Waals surface area contributed by atoms with Crippen LogP contribution in [0.2, 0.25) is 0 Å². The molecule has 148 valence electrons. The van der Waals surface area contributed by atoms with Crippen molar-refractivity contribution < 1.29 is 19.1 Å². The van der Waals surface area contributed by atoms with Gasteiger partial charge in [-0.25, -0.2) is 0 Å².